The van der Waals surface area contributed by atoms with Crippen molar-refractivity contribution in [2.24, 2.45) is 16.5 Å². The molecule has 1 aromatic heterocycles. The molecule has 1 aliphatic carbocycles. The van der Waals surface area contributed by atoms with E-state index in [1.165, 1.54) is 17.2 Å². The summed E-state index contributed by atoms with van der Waals surface area (Å²) in [7, 11) is 0. The van der Waals surface area contributed by atoms with Crippen LogP contribution in [-0.4, -0.2) is 65.3 Å². The van der Waals surface area contributed by atoms with E-state index in [-0.39, 0.29) is 46.7 Å². The van der Waals surface area contributed by atoms with Crippen LogP contribution in [0.5, 0.6) is 0 Å². The van der Waals surface area contributed by atoms with Crippen LogP contribution >= 0.6 is 11.6 Å². The van der Waals surface area contributed by atoms with Gasteiger partial charge in [0.05, 0.1) is 29.4 Å². The van der Waals surface area contributed by atoms with Gasteiger partial charge in [0.2, 0.25) is 0 Å². The molecule has 1 aromatic carbocycles. The highest BCUT2D eigenvalue weighted by molar-refractivity contribution is 6.36. The molecule has 194 valence electrons. The fourth-order valence-electron chi connectivity index (χ4n) is 5.09. The number of aromatic nitrogens is 1. The number of halogens is 2. The van der Waals surface area contributed by atoms with Crippen molar-refractivity contribution in [3.63, 3.8) is 0 Å². The van der Waals surface area contributed by atoms with E-state index in [0.717, 1.165) is 18.9 Å². The molecule has 2 aromatic rings. The monoisotopic (exact) mass is 528 g/mol. The average Bonchev–Trinajstić information content (AvgIpc) is 3.39. The van der Waals surface area contributed by atoms with E-state index >= 15 is 4.39 Å². The summed E-state index contributed by atoms with van der Waals surface area (Å²) in [6.07, 6.45) is 3.45. The number of aliphatic imine (C=N–C) groups is 1. The largest absolute Gasteiger partial charge is 0.355 e. The maximum atomic E-state index is 15.4. The number of hydrogen-bond donors (Lipinski definition) is 5. The van der Waals surface area contributed by atoms with Crippen molar-refractivity contribution in [3.05, 3.63) is 51.9 Å². The molecule has 2 atom stereocenters. The smallest absolute Gasteiger partial charge is 0.280 e. The fraction of sp³-hybridized carbons (Fsp3) is 0.417. The number of amides is 2. The number of ether oxygens (including phenoxy) is 1. The molecule has 3 aliphatic heterocycles. The van der Waals surface area contributed by atoms with Gasteiger partial charge in [-0.15, -0.1) is 0 Å². The van der Waals surface area contributed by atoms with Gasteiger partial charge in [-0.05, 0) is 42.5 Å². The van der Waals surface area contributed by atoms with E-state index in [1.807, 2.05) is 0 Å². The second kappa shape index (κ2) is 8.62. The van der Waals surface area contributed by atoms with E-state index in [4.69, 9.17) is 27.8 Å². The Balaban J connectivity index is 1.30. The Labute approximate surface area is 216 Å². The van der Waals surface area contributed by atoms with Gasteiger partial charge in [-0.1, -0.05) is 11.6 Å². The molecule has 0 spiro atoms. The van der Waals surface area contributed by atoms with Crippen molar-refractivity contribution in [1.82, 2.24) is 20.5 Å². The third-order valence-corrected chi connectivity index (χ3v) is 7.48. The number of nitrogens with one attached hydrogen (secondary N) is 3. The molecule has 11 nitrogen and oxygen atoms in total. The van der Waals surface area contributed by atoms with Crippen molar-refractivity contribution < 1.29 is 18.7 Å². The summed E-state index contributed by atoms with van der Waals surface area (Å²) in [5, 5.41) is 8.90. The number of morpholine rings is 1. The summed E-state index contributed by atoms with van der Waals surface area (Å²) < 4.78 is 20.9. The van der Waals surface area contributed by atoms with Gasteiger partial charge in [-0.25, -0.2) is 9.37 Å². The average molecular weight is 529 g/mol. The lowest BCUT2D eigenvalue weighted by Crippen LogP contribution is -2.59. The predicted octanol–water partition coefficient (Wildman–Crippen LogP) is 1.37. The van der Waals surface area contributed by atoms with Crippen molar-refractivity contribution in [2.45, 2.75) is 36.6 Å². The van der Waals surface area contributed by atoms with Crippen LogP contribution in [0.25, 0.3) is 0 Å². The first-order valence-corrected chi connectivity index (χ1v) is 12.4. The zero-order valence-corrected chi connectivity index (χ0v) is 20.6. The van der Waals surface area contributed by atoms with Crippen LogP contribution in [0.2, 0.25) is 5.02 Å². The Kier molecular flexibility index (Phi) is 5.60. The van der Waals surface area contributed by atoms with Crippen LogP contribution in [-0.2, 0) is 4.74 Å². The number of fused-ring (bicyclic) bond motifs is 2. The van der Waals surface area contributed by atoms with Crippen LogP contribution in [0.1, 0.15) is 51.5 Å². The van der Waals surface area contributed by atoms with Crippen LogP contribution in [0.15, 0.2) is 29.4 Å². The summed E-state index contributed by atoms with van der Waals surface area (Å²) in [6, 6.07) is 4.27. The van der Waals surface area contributed by atoms with Crippen molar-refractivity contribution in [3.8, 4) is 0 Å². The van der Waals surface area contributed by atoms with E-state index in [0.29, 0.717) is 31.0 Å². The summed E-state index contributed by atoms with van der Waals surface area (Å²) >= 11 is 6.61. The molecule has 2 amide bonds. The standard InChI is InChI=1S/C24H26ClFN8O3/c25-17-14(21(36)34-10-24(28)9-23(34,27)11-37-24)3-4-29-19(17)32-18-15(12-1-2-12)7-13(8-16(18)26)20(35)33-22-30-5-6-31-22/h3-4,7-8,12H,1-2,5-6,9-11,27-28H2,(H,29,32)(H2,30,31,33,35)/t23-,24-/m1/s1. The molecule has 3 saturated heterocycles. The topological polar surface area (TPSA) is 160 Å². The fourth-order valence-corrected chi connectivity index (χ4v) is 5.33. The third-order valence-electron chi connectivity index (χ3n) is 7.09. The summed E-state index contributed by atoms with van der Waals surface area (Å²) in [4.78, 5) is 35.8. The van der Waals surface area contributed by atoms with Gasteiger partial charge in [0.1, 0.15) is 23.0 Å². The molecule has 4 aliphatic rings. The molecule has 2 bridgehead atoms. The number of carbonyl (C=O) groups excluding carboxylic acids is 2. The first kappa shape index (κ1) is 24.0. The summed E-state index contributed by atoms with van der Waals surface area (Å²) in [6.45, 7) is 1.59. The van der Waals surface area contributed by atoms with E-state index in [9.17, 15) is 9.59 Å². The number of nitrogens with two attached hydrogens (primary N) is 2. The van der Waals surface area contributed by atoms with Crippen molar-refractivity contribution >= 4 is 40.9 Å². The van der Waals surface area contributed by atoms with Crippen molar-refractivity contribution in [1.29, 1.82) is 0 Å². The molecule has 0 unspecified atom stereocenters. The molecular formula is C24H26ClFN8O3. The van der Waals surface area contributed by atoms with Gasteiger partial charge in [0.15, 0.2) is 5.96 Å². The summed E-state index contributed by atoms with van der Waals surface area (Å²) in [5.74, 6) is -1.04. The number of hydrogen-bond acceptors (Lipinski definition) is 7. The zero-order chi connectivity index (χ0) is 25.9. The van der Waals surface area contributed by atoms with E-state index in [1.54, 1.807) is 6.07 Å². The normalized spacial score (nSPS) is 26.2. The van der Waals surface area contributed by atoms with E-state index in [2.05, 4.69) is 25.9 Å². The number of pyridine rings is 1. The van der Waals surface area contributed by atoms with Gasteiger partial charge in [0, 0.05) is 31.3 Å². The Bertz CT molecular complexity index is 1340. The van der Waals surface area contributed by atoms with Crippen molar-refractivity contribution in [2.75, 3.05) is 31.6 Å². The van der Waals surface area contributed by atoms with Crippen LogP contribution in [0.3, 0.4) is 0 Å². The molecule has 4 heterocycles. The minimum Gasteiger partial charge on any atom is -0.355 e. The number of guanidine groups is 1. The molecule has 13 heteroatoms. The Morgan fingerprint density at radius 3 is 2.68 bits per heavy atom. The van der Waals surface area contributed by atoms with Gasteiger partial charge in [0.25, 0.3) is 11.8 Å². The molecule has 37 heavy (non-hydrogen) atoms. The van der Waals surface area contributed by atoms with Crippen LogP contribution in [0, 0.1) is 5.82 Å². The Morgan fingerprint density at radius 2 is 2.03 bits per heavy atom. The first-order valence-electron chi connectivity index (χ1n) is 12.1. The SMILES string of the molecule is N[C@@]12CN(C(=O)c3ccnc(Nc4c(F)cc(C(=O)N=C5NCCN5)cc4C4CC4)c3Cl)[C@@](N)(CO1)C2. The predicted molar refractivity (Wildman–Crippen MR) is 134 cm³/mol. The minimum absolute atomic E-state index is 0.0249. The number of likely N-dealkylation sites (tertiary alicyclic amines) is 1. The second-order valence-corrected chi connectivity index (χ2v) is 10.4. The number of rotatable bonds is 5. The third kappa shape index (κ3) is 4.29. The molecule has 6 rings (SSSR count). The minimum atomic E-state index is -1.02. The Morgan fingerprint density at radius 1 is 1.27 bits per heavy atom. The molecule has 0 radical (unpaired) electrons. The van der Waals surface area contributed by atoms with Crippen LogP contribution < -0.4 is 27.4 Å². The number of anilines is 2. The highest BCUT2D eigenvalue weighted by atomic mass is 35.5. The highest BCUT2D eigenvalue weighted by Gasteiger charge is 2.58. The molecule has 7 N–H and O–H groups in total. The maximum Gasteiger partial charge on any atom is 0.280 e. The number of nitrogens with zero attached hydrogens (tertiary/aromatic N) is 3. The quantitative estimate of drug-likeness (QED) is 0.386. The van der Waals surface area contributed by atoms with Gasteiger partial charge < -0.3 is 37.1 Å². The van der Waals surface area contributed by atoms with E-state index < -0.39 is 29.0 Å². The molecule has 1 saturated carbocycles. The Hall–Kier alpha value is -3.32. The molecular weight excluding hydrogens is 503 g/mol. The lowest BCUT2D eigenvalue weighted by Gasteiger charge is -2.36. The highest BCUT2D eigenvalue weighted by Crippen LogP contribution is 2.46. The van der Waals surface area contributed by atoms with Gasteiger partial charge >= 0.3 is 0 Å². The first-order chi connectivity index (χ1) is 17.7. The van der Waals surface area contributed by atoms with Crippen LogP contribution in [0.4, 0.5) is 15.9 Å². The maximum absolute atomic E-state index is 15.4. The summed E-state index contributed by atoms with van der Waals surface area (Å²) in [5.41, 5.74) is 11.6. The lowest BCUT2D eigenvalue weighted by molar-refractivity contribution is -0.0521. The lowest BCUT2D eigenvalue weighted by atomic mass is 10.0. The zero-order valence-electron chi connectivity index (χ0n) is 19.8. The van der Waals surface area contributed by atoms with Gasteiger partial charge in [-0.2, -0.15) is 4.99 Å². The molecule has 4 fully saturated rings. The number of benzene rings is 1. The van der Waals surface area contributed by atoms with Gasteiger partial charge in [-0.3, -0.25) is 9.59 Å². The second-order valence-electron chi connectivity index (χ2n) is 9.99. The number of carbonyl (C=O) groups is 2.